The van der Waals surface area contributed by atoms with Gasteiger partial charge >= 0.3 is 5.97 Å². The van der Waals surface area contributed by atoms with Crippen LogP contribution in [0.1, 0.15) is 35.0 Å². The summed E-state index contributed by atoms with van der Waals surface area (Å²) in [6.45, 7) is 7.78. The van der Waals surface area contributed by atoms with E-state index in [9.17, 15) is 9.59 Å². The number of ether oxygens (including phenoxy) is 1. The molecule has 0 aliphatic carbocycles. The van der Waals surface area contributed by atoms with E-state index in [0.717, 1.165) is 17.0 Å². The minimum absolute atomic E-state index is 0.185. The van der Waals surface area contributed by atoms with E-state index >= 15 is 0 Å². The fraction of sp³-hybridized carbons (Fsp3) is 0.316. The van der Waals surface area contributed by atoms with Gasteiger partial charge < -0.3 is 4.74 Å². The molecule has 126 valence electrons. The molecule has 0 radical (unpaired) electrons. The molecule has 0 fully saturated rings. The number of nitrogens with zero attached hydrogens (tertiary/aromatic N) is 2. The molecule has 0 atom stereocenters. The van der Waals surface area contributed by atoms with E-state index in [1.54, 1.807) is 6.08 Å². The van der Waals surface area contributed by atoms with Gasteiger partial charge in [-0.05, 0) is 39.3 Å². The van der Waals surface area contributed by atoms with E-state index in [4.69, 9.17) is 4.74 Å². The van der Waals surface area contributed by atoms with Crippen LogP contribution < -0.4 is 0 Å². The van der Waals surface area contributed by atoms with Crippen molar-refractivity contribution in [3.63, 3.8) is 0 Å². The third-order valence-corrected chi connectivity index (χ3v) is 3.69. The Bertz CT molecular complexity index is 771. The van der Waals surface area contributed by atoms with Gasteiger partial charge in [-0.3, -0.25) is 9.48 Å². The van der Waals surface area contributed by atoms with Gasteiger partial charge in [-0.25, -0.2) is 4.79 Å². The van der Waals surface area contributed by atoms with Gasteiger partial charge in [-0.15, -0.1) is 0 Å². The quantitative estimate of drug-likeness (QED) is 0.605. The number of hydrogen-bond donors (Lipinski definition) is 0. The summed E-state index contributed by atoms with van der Waals surface area (Å²) >= 11 is 0. The fourth-order valence-corrected chi connectivity index (χ4v) is 2.34. The van der Waals surface area contributed by atoms with Gasteiger partial charge in [0.15, 0.2) is 5.78 Å². The molecule has 1 aromatic carbocycles. The summed E-state index contributed by atoms with van der Waals surface area (Å²) in [4.78, 5) is 22.4. The van der Waals surface area contributed by atoms with Gasteiger partial charge in [-0.1, -0.05) is 29.8 Å². The number of Topliss-reactive ketones (excluding diaryl/α,β-unsaturated/α-hetero) is 1. The number of carbonyl (C=O) groups is 2. The smallest absolute Gasteiger partial charge is 0.331 e. The highest BCUT2D eigenvalue weighted by Gasteiger charge is 2.10. The van der Waals surface area contributed by atoms with E-state index in [2.05, 4.69) is 36.3 Å². The second-order valence-electron chi connectivity index (χ2n) is 5.87. The van der Waals surface area contributed by atoms with Crippen molar-refractivity contribution in [2.75, 3.05) is 6.61 Å². The molecule has 0 spiro atoms. The predicted octanol–water partition coefficient (Wildman–Crippen LogP) is 3.00. The predicted molar refractivity (Wildman–Crippen MR) is 92.7 cm³/mol. The van der Waals surface area contributed by atoms with Crippen LogP contribution in [-0.4, -0.2) is 28.1 Å². The van der Waals surface area contributed by atoms with Crippen LogP contribution in [0.5, 0.6) is 0 Å². The Labute approximate surface area is 141 Å². The van der Waals surface area contributed by atoms with Crippen molar-refractivity contribution >= 4 is 17.8 Å². The summed E-state index contributed by atoms with van der Waals surface area (Å²) in [5, 5.41) is 4.54. The van der Waals surface area contributed by atoms with E-state index in [0.29, 0.717) is 6.54 Å². The van der Waals surface area contributed by atoms with Crippen LogP contribution in [0.2, 0.25) is 0 Å². The molecule has 0 aliphatic heterocycles. The number of rotatable bonds is 6. The van der Waals surface area contributed by atoms with E-state index in [1.807, 2.05) is 18.5 Å². The van der Waals surface area contributed by atoms with E-state index < -0.39 is 5.97 Å². The third kappa shape index (κ3) is 4.65. The second-order valence-corrected chi connectivity index (χ2v) is 5.87. The van der Waals surface area contributed by atoms with Crippen molar-refractivity contribution in [2.24, 2.45) is 0 Å². The van der Waals surface area contributed by atoms with Crippen LogP contribution in [0, 0.1) is 20.8 Å². The first kappa shape index (κ1) is 17.7. The molecule has 5 nitrogen and oxygen atoms in total. The van der Waals surface area contributed by atoms with Crippen molar-refractivity contribution in [3.8, 4) is 0 Å². The maximum atomic E-state index is 11.6. The lowest BCUT2D eigenvalue weighted by atomic mass is 10.1. The van der Waals surface area contributed by atoms with E-state index in [-0.39, 0.29) is 12.4 Å². The molecule has 2 aromatic rings. The molecule has 5 heteroatoms. The van der Waals surface area contributed by atoms with Crippen LogP contribution in [0.4, 0.5) is 0 Å². The maximum Gasteiger partial charge on any atom is 0.331 e. The monoisotopic (exact) mass is 326 g/mol. The van der Waals surface area contributed by atoms with Gasteiger partial charge in [0.25, 0.3) is 0 Å². The zero-order valence-electron chi connectivity index (χ0n) is 14.5. The molecular weight excluding hydrogens is 304 g/mol. The maximum absolute atomic E-state index is 11.6. The molecule has 0 bridgehead atoms. The van der Waals surface area contributed by atoms with Crippen LogP contribution in [0.25, 0.3) is 6.08 Å². The molecule has 0 saturated carbocycles. The lowest BCUT2D eigenvalue weighted by Crippen LogP contribution is -2.08. The standard InChI is InChI=1S/C19H22N2O3/c1-13-5-7-17(8-6-13)11-21-16(4)18(15(3)20-21)9-10-19(23)24-12-14(2)22/h5-10H,11-12H2,1-4H3/b10-9+. The van der Waals surface area contributed by atoms with Gasteiger partial charge in [0, 0.05) is 17.3 Å². The Hall–Kier alpha value is -2.69. The van der Waals surface area contributed by atoms with Gasteiger partial charge in [-0.2, -0.15) is 5.10 Å². The second kappa shape index (κ2) is 7.73. The number of aromatic nitrogens is 2. The van der Waals surface area contributed by atoms with Gasteiger partial charge in [0.05, 0.1) is 12.2 Å². The lowest BCUT2D eigenvalue weighted by molar-refractivity contribution is -0.142. The molecule has 0 aliphatic rings. The summed E-state index contributed by atoms with van der Waals surface area (Å²) in [5.41, 5.74) is 5.10. The lowest BCUT2D eigenvalue weighted by Gasteiger charge is -2.05. The minimum atomic E-state index is -0.532. The van der Waals surface area contributed by atoms with Crippen molar-refractivity contribution in [3.05, 3.63) is 58.4 Å². The molecule has 0 amide bonds. The Balaban J connectivity index is 2.12. The number of carbonyl (C=O) groups excluding carboxylic acids is 2. The van der Waals surface area contributed by atoms with Crippen LogP contribution >= 0.6 is 0 Å². The Kier molecular flexibility index (Phi) is 5.68. The molecule has 1 aromatic heterocycles. The number of aryl methyl sites for hydroxylation is 2. The average molecular weight is 326 g/mol. The van der Waals surface area contributed by atoms with E-state index in [1.165, 1.54) is 24.1 Å². The Morgan fingerprint density at radius 3 is 2.46 bits per heavy atom. The number of benzene rings is 1. The third-order valence-electron chi connectivity index (χ3n) is 3.69. The van der Waals surface area contributed by atoms with Crippen molar-refractivity contribution < 1.29 is 14.3 Å². The van der Waals surface area contributed by atoms with Crippen LogP contribution in [0.15, 0.2) is 30.3 Å². The highest BCUT2D eigenvalue weighted by atomic mass is 16.5. The highest BCUT2D eigenvalue weighted by molar-refractivity contribution is 5.89. The van der Waals surface area contributed by atoms with Gasteiger partial charge in [0.1, 0.15) is 6.61 Å². The summed E-state index contributed by atoms with van der Waals surface area (Å²) in [6, 6.07) is 8.32. The molecule has 1 heterocycles. The van der Waals surface area contributed by atoms with Crippen molar-refractivity contribution in [2.45, 2.75) is 34.2 Å². The summed E-state index contributed by atoms with van der Waals surface area (Å²) < 4.78 is 6.73. The van der Waals surface area contributed by atoms with Crippen LogP contribution in [-0.2, 0) is 20.9 Å². The molecular formula is C19H22N2O3. The summed E-state index contributed by atoms with van der Waals surface area (Å²) in [5.74, 6) is -0.717. The Morgan fingerprint density at radius 2 is 1.83 bits per heavy atom. The SMILES string of the molecule is CC(=O)COC(=O)/C=C/c1c(C)nn(Cc2ccc(C)cc2)c1C. The number of esters is 1. The molecule has 2 rings (SSSR count). The fourth-order valence-electron chi connectivity index (χ4n) is 2.34. The molecule has 24 heavy (non-hydrogen) atoms. The highest BCUT2D eigenvalue weighted by Crippen LogP contribution is 2.16. The normalized spacial score (nSPS) is 11.0. The molecule has 0 unspecified atom stereocenters. The summed E-state index contributed by atoms with van der Waals surface area (Å²) in [7, 11) is 0. The number of hydrogen-bond acceptors (Lipinski definition) is 4. The van der Waals surface area contributed by atoms with Gasteiger partial charge in [0.2, 0.25) is 0 Å². The van der Waals surface area contributed by atoms with Crippen molar-refractivity contribution in [1.29, 1.82) is 0 Å². The van der Waals surface area contributed by atoms with Crippen LogP contribution in [0.3, 0.4) is 0 Å². The zero-order chi connectivity index (χ0) is 17.7. The minimum Gasteiger partial charge on any atom is -0.455 e. The number of ketones is 1. The largest absolute Gasteiger partial charge is 0.455 e. The first-order valence-electron chi connectivity index (χ1n) is 7.80. The average Bonchev–Trinajstić information content (AvgIpc) is 2.79. The molecule has 0 saturated heterocycles. The first-order chi connectivity index (χ1) is 11.4. The summed E-state index contributed by atoms with van der Waals surface area (Å²) in [6.07, 6.45) is 3.02. The Morgan fingerprint density at radius 1 is 1.17 bits per heavy atom. The topological polar surface area (TPSA) is 61.2 Å². The zero-order valence-corrected chi connectivity index (χ0v) is 14.5. The van der Waals surface area contributed by atoms with Crippen molar-refractivity contribution in [1.82, 2.24) is 9.78 Å². The first-order valence-corrected chi connectivity index (χ1v) is 7.80. The molecule has 0 N–H and O–H groups in total.